The summed E-state index contributed by atoms with van der Waals surface area (Å²) in [6.07, 6.45) is -1.09. The number of carbonyl (C=O) groups excluding carboxylic acids is 1. The SMILES string of the molecule is C[C@@H](O)C(N)(C(=O)OCC1c2ccccc2-c2ccccc21)c1ccccc1. The Morgan fingerprint density at radius 2 is 1.46 bits per heavy atom. The van der Waals surface area contributed by atoms with Crippen LogP contribution in [0.5, 0.6) is 0 Å². The van der Waals surface area contributed by atoms with E-state index in [-0.39, 0.29) is 12.5 Å². The lowest BCUT2D eigenvalue weighted by Gasteiger charge is -2.31. The first-order valence-corrected chi connectivity index (χ1v) is 9.41. The second kappa shape index (κ2) is 7.23. The third-order valence-electron chi connectivity index (χ3n) is 5.59. The van der Waals surface area contributed by atoms with Crippen molar-refractivity contribution in [1.82, 2.24) is 0 Å². The fourth-order valence-electron chi connectivity index (χ4n) is 3.96. The van der Waals surface area contributed by atoms with Crippen LogP contribution in [0.2, 0.25) is 0 Å². The normalized spacial score (nSPS) is 16.0. The van der Waals surface area contributed by atoms with Crippen molar-refractivity contribution < 1.29 is 14.6 Å². The summed E-state index contributed by atoms with van der Waals surface area (Å²) in [6.45, 7) is 1.68. The van der Waals surface area contributed by atoms with Crippen LogP contribution in [0.25, 0.3) is 11.1 Å². The van der Waals surface area contributed by atoms with Gasteiger partial charge < -0.3 is 15.6 Å². The summed E-state index contributed by atoms with van der Waals surface area (Å²) in [7, 11) is 0. The molecule has 0 aromatic heterocycles. The first-order chi connectivity index (χ1) is 13.5. The molecule has 0 aliphatic heterocycles. The van der Waals surface area contributed by atoms with Gasteiger partial charge in [-0.25, -0.2) is 4.79 Å². The number of nitrogens with two attached hydrogens (primary N) is 1. The van der Waals surface area contributed by atoms with E-state index in [9.17, 15) is 9.90 Å². The van der Waals surface area contributed by atoms with Gasteiger partial charge in [-0.15, -0.1) is 0 Å². The third-order valence-corrected chi connectivity index (χ3v) is 5.59. The Hall–Kier alpha value is -2.95. The molecule has 0 saturated carbocycles. The van der Waals surface area contributed by atoms with Crippen molar-refractivity contribution >= 4 is 5.97 Å². The number of aliphatic hydroxyl groups excluding tert-OH is 1. The number of fused-ring (bicyclic) bond motifs is 3. The number of rotatable bonds is 5. The van der Waals surface area contributed by atoms with Gasteiger partial charge in [0.2, 0.25) is 0 Å². The van der Waals surface area contributed by atoms with Crippen LogP contribution in [0.1, 0.15) is 29.5 Å². The number of hydrogen-bond donors (Lipinski definition) is 2. The van der Waals surface area contributed by atoms with Gasteiger partial charge in [0, 0.05) is 5.92 Å². The highest BCUT2D eigenvalue weighted by molar-refractivity contribution is 5.84. The van der Waals surface area contributed by atoms with Crippen molar-refractivity contribution in [1.29, 1.82) is 0 Å². The number of carbonyl (C=O) groups is 1. The molecule has 0 fully saturated rings. The monoisotopic (exact) mass is 373 g/mol. The van der Waals surface area contributed by atoms with Gasteiger partial charge in [0.05, 0.1) is 6.10 Å². The molecule has 0 heterocycles. The molecule has 3 aromatic carbocycles. The largest absolute Gasteiger partial charge is 0.463 e. The van der Waals surface area contributed by atoms with E-state index in [0.717, 1.165) is 22.3 Å². The number of esters is 1. The Bertz CT molecular complexity index is 954. The molecule has 0 bridgehead atoms. The Balaban J connectivity index is 1.61. The lowest BCUT2D eigenvalue weighted by atomic mass is 9.86. The van der Waals surface area contributed by atoms with Crippen molar-refractivity contribution in [3.63, 3.8) is 0 Å². The molecule has 28 heavy (non-hydrogen) atoms. The fraction of sp³-hybridized carbons (Fsp3) is 0.208. The molecular formula is C24H23NO3. The Kier molecular flexibility index (Phi) is 4.75. The summed E-state index contributed by atoms with van der Waals surface area (Å²) in [5, 5.41) is 10.3. The topological polar surface area (TPSA) is 72.5 Å². The summed E-state index contributed by atoms with van der Waals surface area (Å²) >= 11 is 0. The van der Waals surface area contributed by atoms with E-state index in [4.69, 9.17) is 10.5 Å². The highest BCUT2D eigenvalue weighted by Crippen LogP contribution is 2.44. The molecule has 0 amide bonds. The maximum absolute atomic E-state index is 13.0. The highest BCUT2D eigenvalue weighted by atomic mass is 16.5. The quantitative estimate of drug-likeness (QED) is 0.671. The van der Waals surface area contributed by atoms with Crippen LogP contribution in [0.4, 0.5) is 0 Å². The average molecular weight is 373 g/mol. The Morgan fingerprint density at radius 3 is 2.00 bits per heavy atom. The van der Waals surface area contributed by atoms with Crippen LogP contribution < -0.4 is 5.73 Å². The van der Waals surface area contributed by atoms with Gasteiger partial charge >= 0.3 is 5.97 Å². The maximum Gasteiger partial charge on any atom is 0.333 e. The summed E-state index contributed by atoms with van der Waals surface area (Å²) in [5.74, 6) is -0.680. The molecule has 3 N–H and O–H groups in total. The molecule has 0 spiro atoms. The summed E-state index contributed by atoms with van der Waals surface area (Å²) in [4.78, 5) is 13.0. The van der Waals surface area contributed by atoms with Crippen LogP contribution in [0.3, 0.4) is 0 Å². The minimum Gasteiger partial charge on any atom is -0.463 e. The van der Waals surface area contributed by atoms with Gasteiger partial charge in [-0.2, -0.15) is 0 Å². The number of hydrogen-bond acceptors (Lipinski definition) is 4. The second-order valence-electron chi connectivity index (χ2n) is 7.24. The number of ether oxygens (including phenoxy) is 1. The molecule has 4 nitrogen and oxygen atoms in total. The summed E-state index contributed by atoms with van der Waals surface area (Å²) < 4.78 is 5.70. The molecule has 2 atom stereocenters. The van der Waals surface area contributed by atoms with Gasteiger partial charge in [0.15, 0.2) is 5.54 Å². The predicted octanol–water partition coefficient (Wildman–Crippen LogP) is 3.58. The van der Waals surface area contributed by atoms with Crippen molar-refractivity contribution in [2.45, 2.75) is 24.5 Å². The molecule has 4 heteroatoms. The lowest BCUT2D eigenvalue weighted by molar-refractivity contribution is -0.155. The van der Waals surface area contributed by atoms with E-state index in [0.29, 0.717) is 5.56 Å². The van der Waals surface area contributed by atoms with Gasteiger partial charge in [0.25, 0.3) is 0 Å². The average Bonchev–Trinajstić information content (AvgIpc) is 3.05. The zero-order valence-electron chi connectivity index (χ0n) is 15.7. The molecular weight excluding hydrogens is 350 g/mol. The van der Waals surface area contributed by atoms with Crippen LogP contribution in [-0.2, 0) is 15.1 Å². The van der Waals surface area contributed by atoms with Crippen molar-refractivity contribution in [2.75, 3.05) is 6.61 Å². The third kappa shape index (κ3) is 2.91. The van der Waals surface area contributed by atoms with Crippen LogP contribution >= 0.6 is 0 Å². The zero-order chi connectivity index (χ0) is 19.7. The van der Waals surface area contributed by atoms with Crippen molar-refractivity contribution in [2.24, 2.45) is 5.73 Å². The zero-order valence-corrected chi connectivity index (χ0v) is 15.7. The van der Waals surface area contributed by atoms with E-state index in [1.807, 2.05) is 30.3 Å². The van der Waals surface area contributed by atoms with Crippen LogP contribution in [0, 0.1) is 0 Å². The minimum absolute atomic E-state index is 0.0506. The molecule has 142 valence electrons. The van der Waals surface area contributed by atoms with Crippen LogP contribution in [-0.4, -0.2) is 23.8 Å². The van der Waals surface area contributed by atoms with Crippen LogP contribution in [0.15, 0.2) is 78.9 Å². The Morgan fingerprint density at radius 1 is 0.964 bits per heavy atom. The molecule has 0 radical (unpaired) electrons. The van der Waals surface area contributed by atoms with E-state index in [1.54, 1.807) is 24.3 Å². The predicted molar refractivity (Wildman–Crippen MR) is 109 cm³/mol. The molecule has 4 rings (SSSR count). The standard InChI is InChI=1S/C24H23NO3/c1-16(26)24(25,17-9-3-2-4-10-17)23(27)28-15-22-20-13-7-5-11-18(20)19-12-6-8-14-21(19)22/h2-14,16,22,26H,15,25H2,1H3/t16-,24?/m1/s1. The van der Waals surface area contributed by atoms with E-state index < -0.39 is 17.6 Å². The van der Waals surface area contributed by atoms with E-state index >= 15 is 0 Å². The molecule has 0 saturated heterocycles. The van der Waals surface area contributed by atoms with Crippen molar-refractivity contribution in [3.8, 4) is 11.1 Å². The lowest BCUT2D eigenvalue weighted by Crippen LogP contribution is -2.54. The van der Waals surface area contributed by atoms with Gasteiger partial charge in [0.1, 0.15) is 6.61 Å². The van der Waals surface area contributed by atoms with Gasteiger partial charge in [-0.3, -0.25) is 0 Å². The smallest absolute Gasteiger partial charge is 0.333 e. The van der Waals surface area contributed by atoms with Crippen molar-refractivity contribution in [3.05, 3.63) is 95.6 Å². The van der Waals surface area contributed by atoms with Gasteiger partial charge in [-0.1, -0.05) is 78.9 Å². The Labute approximate surface area is 164 Å². The molecule has 1 aliphatic carbocycles. The highest BCUT2D eigenvalue weighted by Gasteiger charge is 2.43. The number of aliphatic hydroxyl groups is 1. The second-order valence-corrected chi connectivity index (χ2v) is 7.24. The van der Waals surface area contributed by atoms with E-state index in [2.05, 4.69) is 24.3 Å². The van der Waals surface area contributed by atoms with E-state index in [1.165, 1.54) is 6.92 Å². The first-order valence-electron chi connectivity index (χ1n) is 9.41. The molecule has 3 aromatic rings. The fourth-order valence-corrected chi connectivity index (χ4v) is 3.96. The van der Waals surface area contributed by atoms with Gasteiger partial charge in [-0.05, 0) is 34.7 Å². The summed E-state index contributed by atoms with van der Waals surface area (Å²) in [5.41, 5.74) is 9.87. The minimum atomic E-state index is -1.61. The molecule has 1 aliphatic rings. The summed E-state index contributed by atoms with van der Waals surface area (Å²) in [6, 6.07) is 25.2. The number of benzene rings is 3. The first kappa shape index (κ1) is 18.4. The maximum atomic E-state index is 13.0. The molecule has 1 unspecified atom stereocenters.